The minimum absolute atomic E-state index is 0.0295. The van der Waals surface area contributed by atoms with Gasteiger partial charge in [-0.25, -0.2) is 0 Å². The van der Waals surface area contributed by atoms with Gasteiger partial charge in [0, 0.05) is 11.6 Å². The Balaban J connectivity index is 1.76. The third kappa shape index (κ3) is 4.14. The topological polar surface area (TPSA) is 68.0 Å². The lowest BCUT2D eigenvalue weighted by Gasteiger charge is -2.15. The molecule has 0 bridgehead atoms. The normalized spacial score (nSPS) is 11.0. The van der Waals surface area contributed by atoms with E-state index in [1.54, 1.807) is 11.3 Å². The first kappa shape index (κ1) is 17.4. The summed E-state index contributed by atoms with van der Waals surface area (Å²) in [4.78, 5) is 17.8. The fourth-order valence-corrected chi connectivity index (χ4v) is 3.34. The summed E-state index contributed by atoms with van der Waals surface area (Å²) in [5, 5.41) is 9.06. The van der Waals surface area contributed by atoms with Crippen LogP contribution in [0.5, 0.6) is 0 Å². The van der Waals surface area contributed by atoms with Gasteiger partial charge in [0.15, 0.2) is 0 Å². The highest BCUT2D eigenvalue weighted by atomic mass is 32.1. The van der Waals surface area contributed by atoms with E-state index >= 15 is 0 Å². The van der Waals surface area contributed by atoms with E-state index < -0.39 is 0 Å². The molecule has 0 aliphatic carbocycles. The van der Waals surface area contributed by atoms with Crippen molar-refractivity contribution in [3.63, 3.8) is 0 Å². The average Bonchev–Trinajstić information content (AvgIpc) is 3.29. The third-order valence-corrected chi connectivity index (χ3v) is 5.05. The molecule has 0 saturated carbocycles. The summed E-state index contributed by atoms with van der Waals surface area (Å²) in [6.45, 7) is 4.06. The molecule has 0 aliphatic rings. The average molecular weight is 355 g/mol. The molecule has 0 aliphatic heterocycles. The molecular weight excluding hydrogens is 334 g/mol. The largest absolute Gasteiger partial charge is 0.339 e. The standard InChI is InChI=1S/C19H21N3O2S/c1-3-13(4-2)19(23)20-15-9-6-5-8-14(15)12-17-21-18(22-24-17)16-10-7-11-25-16/h5-11,13H,3-4,12H2,1-2H3,(H,20,23). The monoisotopic (exact) mass is 355 g/mol. The summed E-state index contributed by atoms with van der Waals surface area (Å²) in [6, 6.07) is 11.7. The summed E-state index contributed by atoms with van der Waals surface area (Å²) in [7, 11) is 0. The zero-order valence-electron chi connectivity index (χ0n) is 14.4. The van der Waals surface area contributed by atoms with Gasteiger partial charge in [-0.1, -0.05) is 43.3 Å². The predicted octanol–water partition coefficient (Wildman–Crippen LogP) is 4.76. The summed E-state index contributed by atoms with van der Waals surface area (Å²) in [5.74, 6) is 1.22. The quantitative estimate of drug-likeness (QED) is 0.663. The van der Waals surface area contributed by atoms with Crippen LogP contribution in [0.3, 0.4) is 0 Å². The Morgan fingerprint density at radius 1 is 1.20 bits per heavy atom. The number of para-hydroxylation sites is 1. The van der Waals surface area contributed by atoms with Crippen molar-refractivity contribution in [1.82, 2.24) is 10.1 Å². The number of carbonyl (C=O) groups is 1. The molecule has 0 atom stereocenters. The predicted molar refractivity (Wildman–Crippen MR) is 99.6 cm³/mol. The molecule has 2 aromatic heterocycles. The lowest BCUT2D eigenvalue weighted by Crippen LogP contribution is -2.22. The first-order valence-corrected chi connectivity index (χ1v) is 9.34. The van der Waals surface area contributed by atoms with Gasteiger partial charge < -0.3 is 9.84 Å². The molecule has 3 aromatic rings. The highest BCUT2D eigenvalue weighted by Gasteiger charge is 2.17. The van der Waals surface area contributed by atoms with Crippen LogP contribution < -0.4 is 5.32 Å². The van der Waals surface area contributed by atoms with Crippen molar-refractivity contribution in [2.24, 2.45) is 5.92 Å². The van der Waals surface area contributed by atoms with E-state index in [4.69, 9.17) is 4.52 Å². The molecule has 5 nitrogen and oxygen atoms in total. The molecule has 1 amide bonds. The van der Waals surface area contributed by atoms with Crippen LogP contribution in [0.15, 0.2) is 46.3 Å². The maximum atomic E-state index is 12.4. The molecule has 6 heteroatoms. The molecule has 0 fully saturated rings. The second-order valence-electron chi connectivity index (χ2n) is 5.83. The number of benzene rings is 1. The Morgan fingerprint density at radius 3 is 2.72 bits per heavy atom. The van der Waals surface area contributed by atoms with E-state index in [2.05, 4.69) is 15.5 Å². The summed E-state index contributed by atoms with van der Waals surface area (Å²) in [6.07, 6.45) is 2.15. The van der Waals surface area contributed by atoms with Gasteiger partial charge in [0.1, 0.15) is 0 Å². The van der Waals surface area contributed by atoms with E-state index in [9.17, 15) is 4.79 Å². The van der Waals surface area contributed by atoms with Gasteiger partial charge in [-0.2, -0.15) is 4.98 Å². The summed E-state index contributed by atoms with van der Waals surface area (Å²) >= 11 is 1.57. The van der Waals surface area contributed by atoms with Crippen LogP contribution in [0.25, 0.3) is 10.7 Å². The van der Waals surface area contributed by atoms with Gasteiger partial charge in [0.2, 0.25) is 17.6 Å². The maximum Gasteiger partial charge on any atom is 0.231 e. The number of aromatic nitrogens is 2. The molecule has 0 spiro atoms. The first-order chi connectivity index (χ1) is 12.2. The molecule has 0 radical (unpaired) electrons. The SMILES string of the molecule is CCC(CC)C(=O)Nc1ccccc1Cc1nc(-c2cccs2)no1. The molecule has 1 N–H and O–H groups in total. The molecule has 0 saturated heterocycles. The minimum Gasteiger partial charge on any atom is -0.339 e. The molecule has 25 heavy (non-hydrogen) atoms. The Morgan fingerprint density at radius 2 is 2.00 bits per heavy atom. The lowest BCUT2D eigenvalue weighted by atomic mass is 10.0. The highest BCUT2D eigenvalue weighted by molar-refractivity contribution is 7.13. The Labute approximate surface area is 151 Å². The number of carbonyl (C=O) groups excluding carboxylic acids is 1. The second-order valence-corrected chi connectivity index (χ2v) is 6.77. The molecule has 2 heterocycles. The van der Waals surface area contributed by atoms with Crippen molar-refractivity contribution in [2.75, 3.05) is 5.32 Å². The minimum atomic E-state index is 0.0295. The number of thiophene rings is 1. The smallest absolute Gasteiger partial charge is 0.231 e. The van der Waals surface area contributed by atoms with Crippen molar-refractivity contribution in [3.05, 3.63) is 53.2 Å². The Kier molecular flexibility index (Phi) is 5.60. The van der Waals surface area contributed by atoms with Crippen LogP contribution in [0.1, 0.15) is 38.1 Å². The van der Waals surface area contributed by atoms with Gasteiger partial charge >= 0.3 is 0 Å². The van der Waals surface area contributed by atoms with Gasteiger partial charge in [-0.3, -0.25) is 4.79 Å². The molecule has 3 rings (SSSR count). The summed E-state index contributed by atoms with van der Waals surface area (Å²) in [5.41, 5.74) is 1.76. The number of nitrogens with zero attached hydrogens (tertiary/aromatic N) is 2. The van der Waals surface area contributed by atoms with E-state index in [1.165, 1.54) is 0 Å². The fraction of sp³-hybridized carbons (Fsp3) is 0.316. The lowest BCUT2D eigenvalue weighted by molar-refractivity contribution is -0.120. The van der Waals surface area contributed by atoms with Crippen molar-refractivity contribution >= 4 is 22.9 Å². The number of nitrogens with one attached hydrogen (secondary N) is 1. The Bertz CT molecular complexity index is 823. The van der Waals surface area contributed by atoms with Crippen molar-refractivity contribution in [1.29, 1.82) is 0 Å². The number of amides is 1. The van der Waals surface area contributed by atoms with Crippen LogP contribution in [-0.4, -0.2) is 16.0 Å². The highest BCUT2D eigenvalue weighted by Crippen LogP contribution is 2.24. The van der Waals surface area contributed by atoms with Gasteiger partial charge in [0.05, 0.1) is 11.3 Å². The van der Waals surface area contributed by atoms with Crippen LogP contribution in [0, 0.1) is 5.92 Å². The van der Waals surface area contributed by atoms with Crippen molar-refractivity contribution < 1.29 is 9.32 Å². The van der Waals surface area contributed by atoms with Crippen LogP contribution >= 0.6 is 11.3 Å². The number of hydrogen-bond acceptors (Lipinski definition) is 5. The first-order valence-electron chi connectivity index (χ1n) is 8.46. The maximum absolute atomic E-state index is 12.4. The molecule has 0 unspecified atom stereocenters. The second kappa shape index (κ2) is 8.07. The van der Waals surface area contributed by atoms with E-state index in [1.807, 2.05) is 55.6 Å². The fourth-order valence-electron chi connectivity index (χ4n) is 2.69. The Hall–Kier alpha value is -2.47. The zero-order chi connectivity index (χ0) is 17.6. The summed E-state index contributed by atoms with van der Waals surface area (Å²) < 4.78 is 5.38. The number of rotatable bonds is 7. The zero-order valence-corrected chi connectivity index (χ0v) is 15.2. The molecular formula is C19H21N3O2S. The molecule has 1 aromatic carbocycles. The number of hydrogen-bond donors (Lipinski definition) is 1. The van der Waals surface area contributed by atoms with Crippen LogP contribution in [0.2, 0.25) is 0 Å². The van der Waals surface area contributed by atoms with Crippen LogP contribution in [0.4, 0.5) is 5.69 Å². The molecule has 130 valence electrons. The van der Waals surface area contributed by atoms with Gasteiger partial charge in [-0.05, 0) is 35.9 Å². The van der Waals surface area contributed by atoms with Crippen molar-refractivity contribution in [2.45, 2.75) is 33.1 Å². The van der Waals surface area contributed by atoms with E-state index in [-0.39, 0.29) is 11.8 Å². The third-order valence-electron chi connectivity index (χ3n) is 4.18. The van der Waals surface area contributed by atoms with Gasteiger partial charge in [0.25, 0.3) is 0 Å². The van der Waals surface area contributed by atoms with Crippen LogP contribution in [-0.2, 0) is 11.2 Å². The van der Waals surface area contributed by atoms with Crippen molar-refractivity contribution in [3.8, 4) is 10.7 Å². The van der Waals surface area contributed by atoms with E-state index in [0.717, 1.165) is 29.0 Å². The number of anilines is 1. The van der Waals surface area contributed by atoms with Gasteiger partial charge in [-0.15, -0.1) is 11.3 Å². The van der Waals surface area contributed by atoms with E-state index in [0.29, 0.717) is 18.1 Å².